The molecule has 0 radical (unpaired) electrons. The summed E-state index contributed by atoms with van der Waals surface area (Å²) in [7, 11) is 5.25. The van der Waals surface area contributed by atoms with Crippen molar-refractivity contribution in [3.8, 4) is 0 Å². The summed E-state index contributed by atoms with van der Waals surface area (Å²) in [5.41, 5.74) is 4.79. The number of benzene rings is 1. The molecule has 37 heavy (non-hydrogen) atoms. The minimum absolute atomic E-state index is 0.0208. The lowest BCUT2D eigenvalue weighted by molar-refractivity contribution is -0.138. The van der Waals surface area contributed by atoms with E-state index in [0.717, 1.165) is 70.3 Å². The highest BCUT2D eigenvalue weighted by atomic mass is 16.5. The highest BCUT2D eigenvalue weighted by Gasteiger charge is 2.40. The number of rotatable bonds is 13. The molecule has 2 unspecified atom stereocenters. The van der Waals surface area contributed by atoms with E-state index in [-0.39, 0.29) is 23.3 Å². The van der Waals surface area contributed by atoms with Crippen molar-refractivity contribution in [3.63, 3.8) is 0 Å². The van der Waals surface area contributed by atoms with Gasteiger partial charge in [0.2, 0.25) is 5.91 Å². The van der Waals surface area contributed by atoms with E-state index in [0.29, 0.717) is 19.1 Å². The van der Waals surface area contributed by atoms with Crippen LogP contribution in [0.15, 0.2) is 41.3 Å². The van der Waals surface area contributed by atoms with Crippen molar-refractivity contribution >= 4 is 5.91 Å². The van der Waals surface area contributed by atoms with Gasteiger partial charge in [-0.2, -0.15) is 0 Å². The zero-order valence-electron chi connectivity index (χ0n) is 22.7. The fraction of sp³-hybridized carbons (Fsp3) is 0.600. The Morgan fingerprint density at radius 3 is 2.24 bits per heavy atom. The van der Waals surface area contributed by atoms with Crippen molar-refractivity contribution in [2.45, 2.75) is 63.5 Å². The van der Waals surface area contributed by atoms with Gasteiger partial charge in [-0.05, 0) is 85.7 Å². The molecule has 7 heteroatoms. The Morgan fingerprint density at radius 1 is 1.00 bits per heavy atom. The fourth-order valence-electron chi connectivity index (χ4n) is 5.55. The standard InChI is InChI=1S/C30H43N3O4/c1-32-13-11-25(19-29(32)34)27-10-12-31-20-28(27)30(35)33(26-8-9-26)21-24-17-22(6-4-14-36-2)16-23(18-24)7-5-15-37-3/h11,13,16-19,26-28,31H,4-10,12,14-15,20-21H2,1-3H3. The average Bonchev–Trinajstić information content (AvgIpc) is 3.74. The Bertz CT molecular complexity index is 1070. The quantitative estimate of drug-likeness (QED) is 0.419. The summed E-state index contributed by atoms with van der Waals surface area (Å²) < 4.78 is 12.1. The van der Waals surface area contributed by atoms with E-state index in [4.69, 9.17) is 9.47 Å². The fourth-order valence-corrected chi connectivity index (χ4v) is 5.55. The van der Waals surface area contributed by atoms with E-state index in [1.165, 1.54) is 16.7 Å². The molecule has 2 aliphatic rings. The number of amides is 1. The summed E-state index contributed by atoms with van der Waals surface area (Å²) in [5.74, 6) is 0.118. The number of pyridine rings is 1. The first kappa shape index (κ1) is 27.6. The molecule has 1 aromatic carbocycles. The van der Waals surface area contributed by atoms with Gasteiger partial charge in [0.05, 0.1) is 5.92 Å². The molecule has 2 atom stereocenters. The van der Waals surface area contributed by atoms with Crippen molar-refractivity contribution in [1.29, 1.82) is 0 Å². The molecule has 1 amide bonds. The molecular weight excluding hydrogens is 466 g/mol. The van der Waals surface area contributed by atoms with E-state index in [1.54, 1.807) is 31.9 Å². The zero-order valence-corrected chi connectivity index (χ0v) is 22.7. The smallest absolute Gasteiger partial charge is 0.250 e. The normalized spacial score (nSPS) is 19.6. The van der Waals surface area contributed by atoms with Gasteiger partial charge in [-0.1, -0.05) is 18.2 Å². The van der Waals surface area contributed by atoms with Crippen LogP contribution in [0.3, 0.4) is 0 Å². The molecular formula is C30H43N3O4. The first-order chi connectivity index (χ1) is 18.0. The molecule has 4 rings (SSSR count). The van der Waals surface area contributed by atoms with Gasteiger partial charge in [0, 0.05) is 65.9 Å². The number of carbonyl (C=O) groups excluding carboxylic acids is 1. The molecule has 0 bridgehead atoms. The van der Waals surface area contributed by atoms with Crippen LogP contribution < -0.4 is 10.9 Å². The third-order valence-corrected chi connectivity index (χ3v) is 7.72. The Labute approximate surface area is 221 Å². The summed E-state index contributed by atoms with van der Waals surface area (Å²) >= 11 is 0. The molecule has 1 aliphatic carbocycles. The van der Waals surface area contributed by atoms with Crippen LogP contribution in [-0.4, -0.2) is 61.9 Å². The highest BCUT2D eigenvalue weighted by Crippen LogP contribution is 2.36. The number of ether oxygens (including phenoxy) is 2. The van der Waals surface area contributed by atoms with E-state index in [9.17, 15) is 9.59 Å². The van der Waals surface area contributed by atoms with Crippen molar-refractivity contribution < 1.29 is 14.3 Å². The monoisotopic (exact) mass is 509 g/mol. The van der Waals surface area contributed by atoms with Gasteiger partial charge in [0.1, 0.15) is 0 Å². The van der Waals surface area contributed by atoms with E-state index in [2.05, 4.69) is 28.4 Å². The van der Waals surface area contributed by atoms with Gasteiger partial charge < -0.3 is 24.3 Å². The molecule has 1 aromatic heterocycles. The topological polar surface area (TPSA) is 72.8 Å². The summed E-state index contributed by atoms with van der Waals surface area (Å²) in [4.78, 5) is 28.5. The van der Waals surface area contributed by atoms with Crippen LogP contribution in [-0.2, 0) is 40.7 Å². The average molecular weight is 510 g/mol. The molecule has 1 N–H and O–H groups in total. The SMILES string of the molecule is COCCCc1cc(CCCOC)cc(CN(C(=O)C2CNCCC2c2ccn(C)c(=O)c2)C2CC2)c1. The van der Waals surface area contributed by atoms with Gasteiger partial charge >= 0.3 is 0 Å². The van der Waals surface area contributed by atoms with Crippen LogP contribution in [0.5, 0.6) is 0 Å². The van der Waals surface area contributed by atoms with Crippen LogP contribution in [0.2, 0.25) is 0 Å². The summed E-state index contributed by atoms with van der Waals surface area (Å²) in [6.07, 6.45) is 8.71. The number of hydrogen-bond donors (Lipinski definition) is 1. The molecule has 1 saturated carbocycles. The van der Waals surface area contributed by atoms with Crippen LogP contribution in [0, 0.1) is 5.92 Å². The predicted octanol–water partition coefficient (Wildman–Crippen LogP) is 3.43. The van der Waals surface area contributed by atoms with Gasteiger partial charge in [-0.15, -0.1) is 0 Å². The Morgan fingerprint density at radius 2 is 1.65 bits per heavy atom. The number of aromatic nitrogens is 1. The number of carbonyl (C=O) groups is 1. The summed E-state index contributed by atoms with van der Waals surface area (Å²) in [6.45, 7) is 3.64. The van der Waals surface area contributed by atoms with Crippen molar-refractivity contribution in [2.24, 2.45) is 13.0 Å². The molecule has 0 spiro atoms. The number of hydrogen-bond acceptors (Lipinski definition) is 5. The maximum Gasteiger partial charge on any atom is 0.250 e. The largest absolute Gasteiger partial charge is 0.385 e. The lowest BCUT2D eigenvalue weighted by atomic mass is 9.80. The van der Waals surface area contributed by atoms with Gasteiger partial charge in [0.15, 0.2) is 0 Å². The van der Waals surface area contributed by atoms with Crippen LogP contribution in [0.25, 0.3) is 0 Å². The van der Waals surface area contributed by atoms with Gasteiger partial charge in [-0.25, -0.2) is 0 Å². The van der Waals surface area contributed by atoms with Crippen molar-refractivity contribution in [3.05, 3.63) is 69.1 Å². The van der Waals surface area contributed by atoms with E-state index in [1.807, 2.05) is 12.3 Å². The van der Waals surface area contributed by atoms with Gasteiger partial charge in [-0.3, -0.25) is 9.59 Å². The minimum atomic E-state index is -0.160. The first-order valence-corrected chi connectivity index (χ1v) is 13.8. The van der Waals surface area contributed by atoms with Crippen LogP contribution in [0.1, 0.15) is 60.3 Å². The Kier molecular flexibility index (Phi) is 9.95. The zero-order chi connectivity index (χ0) is 26.2. The Hall–Kier alpha value is -2.48. The molecule has 2 aromatic rings. The Balaban J connectivity index is 1.55. The van der Waals surface area contributed by atoms with Crippen LogP contribution >= 0.6 is 0 Å². The predicted molar refractivity (Wildman–Crippen MR) is 146 cm³/mol. The van der Waals surface area contributed by atoms with Crippen LogP contribution in [0.4, 0.5) is 0 Å². The maximum absolute atomic E-state index is 14.1. The molecule has 202 valence electrons. The number of nitrogens with zero attached hydrogens (tertiary/aromatic N) is 2. The van der Waals surface area contributed by atoms with Gasteiger partial charge in [0.25, 0.3) is 5.56 Å². The third-order valence-electron chi connectivity index (χ3n) is 7.72. The molecule has 7 nitrogen and oxygen atoms in total. The van der Waals surface area contributed by atoms with Crippen molar-refractivity contribution in [1.82, 2.24) is 14.8 Å². The maximum atomic E-state index is 14.1. The van der Waals surface area contributed by atoms with Crippen molar-refractivity contribution in [2.75, 3.05) is 40.5 Å². The second-order valence-electron chi connectivity index (χ2n) is 10.7. The number of nitrogens with one attached hydrogen (secondary N) is 1. The summed E-state index contributed by atoms with van der Waals surface area (Å²) in [6, 6.07) is 10.9. The van der Waals surface area contributed by atoms with E-state index < -0.39 is 0 Å². The lowest BCUT2D eigenvalue weighted by Crippen LogP contribution is -2.47. The molecule has 2 fully saturated rings. The molecule has 2 heterocycles. The number of methoxy groups -OCH3 is 2. The van der Waals surface area contributed by atoms with E-state index >= 15 is 0 Å². The number of piperidine rings is 1. The lowest BCUT2D eigenvalue weighted by Gasteiger charge is -2.36. The summed E-state index contributed by atoms with van der Waals surface area (Å²) in [5, 5.41) is 3.44. The second kappa shape index (κ2) is 13.4. The molecule has 1 saturated heterocycles. The third kappa shape index (κ3) is 7.53. The minimum Gasteiger partial charge on any atom is -0.385 e. The molecule has 1 aliphatic heterocycles. The highest BCUT2D eigenvalue weighted by molar-refractivity contribution is 5.81. The first-order valence-electron chi connectivity index (χ1n) is 13.8. The number of aryl methyl sites for hydroxylation is 3. The second-order valence-corrected chi connectivity index (χ2v) is 10.7.